The molecule has 1 aliphatic rings. The van der Waals surface area contributed by atoms with Crippen molar-refractivity contribution < 1.29 is 9.53 Å². The highest BCUT2D eigenvalue weighted by Crippen LogP contribution is 2.19. The van der Waals surface area contributed by atoms with E-state index in [0.29, 0.717) is 19.2 Å². The van der Waals surface area contributed by atoms with E-state index in [0.717, 1.165) is 49.8 Å². The molecule has 0 aliphatic carbocycles. The van der Waals surface area contributed by atoms with Gasteiger partial charge in [0.05, 0.1) is 6.10 Å². The van der Waals surface area contributed by atoms with Crippen molar-refractivity contribution >= 4 is 16.8 Å². The van der Waals surface area contributed by atoms with Crippen molar-refractivity contribution in [3.05, 3.63) is 69.8 Å². The molecule has 3 heterocycles. The van der Waals surface area contributed by atoms with Gasteiger partial charge in [0, 0.05) is 50.0 Å². The topological polar surface area (TPSA) is 67.3 Å². The molecule has 1 aromatic carbocycles. The normalized spacial score (nSPS) is 16.1. The first kappa shape index (κ1) is 21.4. The number of hydrogen-bond donors (Lipinski definition) is 1. The summed E-state index contributed by atoms with van der Waals surface area (Å²) in [6.45, 7) is 3.84. The Morgan fingerprint density at radius 1 is 1.29 bits per heavy atom. The van der Waals surface area contributed by atoms with E-state index in [2.05, 4.69) is 11.1 Å². The molecule has 31 heavy (non-hydrogen) atoms. The van der Waals surface area contributed by atoms with Gasteiger partial charge in [-0.05, 0) is 62.3 Å². The van der Waals surface area contributed by atoms with Crippen LogP contribution in [0.5, 0.6) is 0 Å². The van der Waals surface area contributed by atoms with Gasteiger partial charge in [0.1, 0.15) is 5.56 Å². The number of benzene rings is 1. The fourth-order valence-electron chi connectivity index (χ4n) is 4.40. The molecule has 0 bridgehead atoms. The first-order chi connectivity index (χ1) is 15.0. The Balaban J connectivity index is 1.43. The van der Waals surface area contributed by atoms with Crippen LogP contribution in [-0.2, 0) is 17.7 Å². The van der Waals surface area contributed by atoms with E-state index in [1.54, 1.807) is 22.7 Å². The molecule has 0 saturated carbocycles. The van der Waals surface area contributed by atoms with Gasteiger partial charge < -0.3 is 19.2 Å². The zero-order chi connectivity index (χ0) is 21.8. The number of nitrogens with zero attached hydrogens (tertiary/aromatic N) is 2. The Morgan fingerprint density at radius 3 is 2.94 bits per heavy atom. The molecule has 2 aromatic heterocycles. The number of H-pyrrole nitrogens is 1. The van der Waals surface area contributed by atoms with Crippen molar-refractivity contribution in [1.29, 1.82) is 0 Å². The summed E-state index contributed by atoms with van der Waals surface area (Å²) in [5.74, 6) is -0.198. The summed E-state index contributed by atoms with van der Waals surface area (Å²) in [4.78, 5) is 31.1. The summed E-state index contributed by atoms with van der Waals surface area (Å²) in [5.41, 5.74) is 3.05. The number of aromatic nitrogens is 2. The van der Waals surface area contributed by atoms with Crippen LogP contribution in [0.25, 0.3) is 10.9 Å². The molecule has 1 saturated heterocycles. The highest BCUT2D eigenvalue weighted by atomic mass is 16.5. The Hall–Kier alpha value is -2.86. The van der Waals surface area contributed by atoms with E-state index >= 15 is 0 Å². The van der Waals surface area contributed by atoms with Crippen molar-refractivity contribution in [3.63, 3.8) is 0 Å². The molecule has 0 spiro atoms. The summed E-state index contributed by atoms with van der Waals surface area (Å²) >= 11 is 0. The van der Waals surface area contributed by atoms with E-state index in [-0.39, 0.29) is 17.0 Å². The maximum atomic E-state index is 13.1. The predicted molar refractivity (Wildman–Crippen MR) is 123 cm³/mol. The average Bonchev–Trinajstić information content (AvgIpc) is 3.43. The second-order valence-electron chi connectivity index (χ2n) is 8.49. The van der Waals surface area contributed by atoms with Crippen LogP contribution in [0.1, 0.15) is 47.2 Å². The second kappa shape index (κ2) is 9.52. The van der Waals surface area contributed by atoms with Crippen LogP contribution >= 0.6 is 0 Å². The van der Waals surface area contributed by atoms with Gasteiger partial charge in [-0.2, -0.15) is 0 Å². The standard InChI is InChI=1S/C25H31N3O3/c1-18-11-14-28(15-12-19-17-26-22-10-4-3-9-21(19)22)25(30)23(18)24(29)27(2)13-5-7-20-8-6-16-31-20/h3-4,9-11,14,17,20,26H,5-8,12-13,15-16H2,1-2H3. The van der Waals surface area contributed by atoms with Gasteiger partial charge in [-0.3, -0.25) is 9.59 Å². The first-order valence-corrected chi connectivity index (χ1v) is 11.2. The molecule has 4 rings (SSSR count). The van der Waals surface area contributed by atoms with Crippen molar-refractivity contribution in [2.75, 3.05) is 20.2 Å². The number of aryl methyl sites for hydroxylation is 3. The number of rotatable bonds is 8. The lowest BCUT2D eigenvalue weighted by Gasteiger charge is -2.19. The molecule has 3 aromatic rings. The van der Waals surface area contributed by atoms with Gasteiger partial charge in [0.2, 0.25) is 0 Å². The third kappa shape index (κ3) is 4.74. The number of ether oxygens (including phenoxy) is 1. The number of aromatic amines is 1. The van der Waals surface area contributed by atoms with Crippen LogP contribution in [0.2, 0.25) is 0 Å². The molecule has 1 unspecified atom stereocenters. The number of carbonyl (C=O) groups is 1. The molecule has 1 fully saturated rings. The third-order valence-electron chi connectivity index (χ3n) is 6.27. The number of carbonyl (C=O) groups excluding carboxylic acids is 1. The Morgan fingerprint density at radius 2 is 2.13 bits per heavy atom. The minimum absolute atomic E-state index is 0.198. The highest BCUT2D eigenvalue weighted by molar-refractivity contribution is 5.95. The largest absolute Gasteiger partial charge is 0.378 e. The lowest BCUT2D eigenvalue weighted by atomic mass is 10.1. The molecular weight excluding hydrogens is 390 g/mol. The summed E-state index contributed by atoms with van der Waals surface area (Å²) in [7, 11) is 1.78. The minimum atomic E-state index is -0.212. The van der Waals surface area contributed by atoms with Crippen LogP contribution in [-0.4, -0.2) is 46.7 Å². The van der Waals surface area contributed by atoms with E-state index in [1.807, 2.05) is 37.4 Å². The lowest BCUT2D eigenvalue weighted by Crippen LogP contribution is -2.36. The average molecular weight is 422 g/mol. The minimum Gasteiger partial charge on any atom is -0.378 e. The number of amides is 1. The number of hydrogen-bond acceptors (Lipinski definition) is 3. The zero-order valence-electron chi connectivity index (χ0n) is 18.4. The Kier molecular flexibility index (Phi) is 6.56. The molecule has 1 atom stereocenters. The van der Waals surface area contributed by atoms with Gasteiger partial charge in [-0.1, -0.05) is 18.2 Å². The maximum absolute atomic E-state index is 13.1. The molecular formula is C25H31N3O3. The van der Waals surface area contributed by atoms with Gasteiger partial charge in [0.15, 0.2) is 0 Å². The first-order valence-electron chi connectivity index (χ1n) is 11.2. The molecule has 164 valence electrons. The monoisotopic (exact) mass is 421 g/mol. The number of para-hydroxylation sites is 1. The fourth-order valence-corrected chi connectivity index (χ4v) is 4.40. The molecule has 6 heteroatoms. The number of pyridine rings is 1. The quantitative estimate of drug-likeness (QED) is 0.600. The number of nitrogens with one attached hydrogen (secondary N) is 1. The summed E-state index contributed by atoms with van der Waals surface area (Å²) in [5, 5.41) is 1.17. The Bertz CT molecular complexity index is 1110. The van der Waals surface area contributed by atoms with Crippen molar-refractivity contribution in [2.24, 2.45) is 0 Å². The summed E-state index contributed by atoms with van der Waals surface area (Å²) in [6, 6.07) is 10.0. The van der Waals surface area contributed by atoms with E-state index in [4.69, 9.17) is 4.74 Å². The van der Waals surface area contributed by atoms with E-state index in [1.165, 1.54) is 10.9 Å². The molecule has 1 N–H and O–H groups in total. The molecule has 6 nitrogen and oxygen atoms in total. The Labute approximate surface area is 182 Å². The van der Waals surface area contributed by atoms with Gasteiger partial charge in [-0.15, -0.1) is 0 Å². The van der Waals surface area contributed by atoms with Crippen LogP contribution in [0.4, 0.5) is 0 Å². The van der Waals surface area contributed by atoms with Crippen LogP contribution in [0.15, 0.2) is 47.5 Å². The third-order valence-corrected chi connectivity index (χ3v) is 6.27. The smallest absolute Gasteiger partial charge is 0.263 e. The SMILES string of the molecule is Cc1ccn(CCc2c[nH]c3ccccc23)c(=O)c1C(=O)N(C)CCCC1CCCO1. The predicted octanol–water partition coefficient (Wildman–Crippen LogP) is 3.91. The van der Waals surface area contributed by atoms with E-state index in [9.17, 15) is 9.59 Å². The van der Waals surface area contributed by atoms with Crippen LogP contribution in [0, 0.1) is 6.92 Å². The highest BCUT2D eigenvalue weighted by Gasteiger charge is 2.21. The summed E-state index contributed by atoms with van der Waals surface area (Å²) in [6.07, 6.45) is 8.91. The zero-order valence-corrected chi connectivity index (χ0v) is 18.4. The van der Waals surface area contributed by atoms with Gasteiger partial charge in [-0.25, -0.2) is 0 Å². The number of fused-ring (bicyclic) bond motifs is 1. The maximum Gasteiger partial charge on any atom is 0.263 e. The van der Waals surface area contributed by atoms with Gasteiger partial charge >= 0.3 is 0 Å². The summed E-state index contributed by atoms with van der Waals surface area (Å²) < 4.78 is 7.31. The van der Waals surface area contributed by atoms with Crippen LogP contribution in [0.3, 0.4) is 0 Å². The molecule has 0 radical (unpaired) electrons. The van der Waals surface area contributed by atoms with Crippen LogP contribution < -0.4 is 5.56 Å². The molecule has 1 aliphatic heterocycles. The lowest BCUT2D eigenvalue weighted by molar-refractivity contribution is 0.0760. The van der Waals surface area contributed by atoms with Crippen molar-refractivity contribution in [1.82, 2.24) is 14.5 Å². The molecule has 1 amide bonds. The van der Waals surface area contributed by atoms with Crippen molar-refractivity contribution in [3.8, 4) is 0 Å². The second-order valence-corrected chi connectivity index (χ2v) is 8.49. The van der Waals surface area contributed by atoms with Gasteiger partial charge in [0.25, 0.3) is 11.5 Å². The van der Waals surface area contributed by atoms with E-state index < -0.39 is 0 Å². The fraction of sp³-hybridized carbons (Fsp3) is 0.440. The van der Waals surface area contributed by atoms with Crippen molar-refractivity contribution in [2.45, 2.75) is 51.7 Å².